The molecule has 0 radical (unpaired) electrons. The Morgan fingerprint density at radius 2 is 2.28 bits per heavy atom. The fraction of sp³-hybridized carbons (Fsp3) is 0.529. The van der Waals surface area contributed by atoms with Gasteiger partial charge in [0.25, 0.3) is 5.91 Å². The van der Waals surface area contributed by atoms with E-state index >= 15 is 0 Å². The molecule has 1 aliphatic rings. The number of pyridine rings is 1. The zero-order valence-electron chi connectivity index (χ0n) is 14.6. The Morgan fingerprint density at radius 1 is 1.48 bits per heavy atom. The van der Waals surface area contributed by atoms with Gasteiger partial charge in [-0.15, -0.1) is 0 Å². The van der Waals surface area contributed by atoms with Crippen molar-refractivity contribution in [2.75, 3.05) is 20.1 Å². The minimum absolute atomic E-state index is 0.0609. The second-order valence-corrected chi connectivity index (χ2v) is 7.11. The van der Waals surface area contributed by atoms with E-state index in [-0.39, 0.29) is 17.9 Å². The number of carbonyl (C=O) groups excluding carboxylic acids is 1. The lowest BCUT2D eigenvalue weighted by Crippen LogP contribution is -2.36. The van der Waals surface area contributed by atoms with Crippen LogP contribution in [0.3, 0.4) is 0 Å². The van der Waals surface area contributed by atoms with Crippen LogP contribution in [-0.4, -0.2) is 57.0 Å². The molecule has 1 unspecified atom stereocenters. The van der Waals surface area contributed by atoms with Crippen molar-refractivity contribution >= 4 is 17.5 Å². The van der Waals surface area contributed by atoms with Gasteiger partial charge in [0.15, 0.2) is 5.82 Å². The quantitative estimate of drug-likeness (QED) is 0.812. The van der Waals surface area contributed by atoms with E-state index < -0.39 is 0 Å². The van der Waals surface area contributed by atoms with Crippen LogP contribution >= 0.6 is 11.6 Å². The highest BCUT2D eigenvalue weighted by Gasteiger charge is 2.30. The van der Waals surface area contributed by atoms with Crippen LogP contribution < -0.4 is 0 Å². The molecule has 0 aliphatic carbocycles. The summed E-state index contributed by atoms with van der Waals surface area (Å²) < 4.78 is 5.25. The number of rotatable bonds is 5. The molecule has 1 saturated heterocycles. The van der Waals surface area contributed by atoms with Gasteiger partial charge >= 0.3 is 0 Å². The number of aromatic nitrogens is 3. The summed E-state index contributed by atoms with van der Waals surface area (Å²) in [5.74, 6) is 1.49. The molecule has 1 atom stereocenters. The second-order valence-electron chi connectivity index (χ2n) is 6.67. The maximum Gasteiger partial charge on any atom is 0.272 e. The van der Waals surface area contributed by atoms with Crippen molar-refractivity contribution in [1.82, 2.24) is 24.9 Å². The lowest BCUT2D eigenvalue weighted by Gasteiger charge is -2.23. The molecule has 0 spiro atoms. The first kappa shape index (κ1) is 17.8. The van der Waals surface area contributed by atoms with Gasteiger partial charge in [0.05, 0.1) is 11.6 Å². The molecular weight excluding hydrogens is 342 g/mol. The zero-order valence-corrected chi connectivity index (χ0v) is 15.4. The van der Waals surface area contributed by atoms with Gasteiger partial charge in [-0.1, -0.05) is 30.6 Å². The van der Waals surface area contributed by atoms with Crippen molar-refractivity contribution in [3.63, 3.8) is 0 Å². The van der Waals surface area contributed by atoms with E-state index in [1.807, 2.05) is 25.8 Å². The third kappa shape index (κ3) is 4.16. The maximum atomic E-state index is 12.5. The van der Waals surface area contributed by atoms with E-state index in [2.05, 4.69) is 20.0 Å². The highest BCUT2D eigenvalue weighted by molar-refractivity contribution is 6.30. The van der Waals surface area contributed by atoms with Crippen molar-refractivity contribution in [2.45, 2.75) is 38.8 Å². The molecule has 0 aromatic carbocycles. The number of amides is 1. The van der Waals surface area contributed by atoms with Gasteiger partial charge in [-0.05, 0) is 25.6 Å². The molecular formula is C17H22ClN5O2. The molecule has 3 rings (SSSR count). The number of carbonyl (C=O) groups is 1. The van der Waals surface area contributed by atoms with Crippen molar-refractivity contribution < 1.29 is 9.32 Å². The van der Waals surface area contributed by atoms with Crippen LogP contribution in [-0.2, 0) is 6.54 Å². The topological polar surface area (TPSA) is 75.4 Å². The summed E-state index contributed by atoms with van der Waals surface area (Å²) in [5, 5.41) is 4.55. The van der Waals surface area contributed by atoms with Crippen LogP contribution in [0.15, 0.2) is 22.9 Å². The Balaban J connectivity index is 1.57. The number of nitrogens with zero attached hydrogens (tertiary/aromatic N) is 5. The molecule has 2 aromatic heterocycles. The van der Waals surface area contributed by atoms with Crippen LogP contribution in [0.1, 0.15) is 48.4 Å². The molecule has 0 N–H and O–H groups in total. The lowest BCUT2D eigenvalue weighted by molar-refractivity contribution is 0.0773. The number of likely N-dealkylation sites (tertiary alicyclic amines) is 1. The third-order valence-electron chi connectivity index (χ3n) is 4.39. The van der Waals surface area contributed by atoms with Gasteiger partial charge in [-0.3, -0.25) is 9.69 Å². The summed E-state index contributed by atoms with van der Waals surface area (Å²) in [4.78, 5) is 25.0. The van der Waals surface area contributed by atoms with Crippen LogP contribution in [0, 0.1) is 0 Å². The van der Waals surface area contributed by atoms with E-state index in [1.165, 1.54) is 6.20 Å². The first-order chi connectivity index (χ1) is 11.9. The minimum Gasteiger partial charge on any atom is -0.339 e. The summed E-state index contributed by atoms with van der Waals surface area (Å²) in [7, 11) is 2.02. The fourth-order valence-corrected chi connectivity index (χ4v) is 2.98. The summed E-state index contributed by atoms with van der Waals surface area (Å²) >= 11 is 5.83. The Kier molecular flexibility index (Phi) is 5.34. The molecule has 2 aromatic rings. The summed E-state index contributed by atoms with van der Waals surface area (Å²) in [6, 6.07) is 3.61. The van der Waals surface area contributed by atoms with Crippen LogP contribution in [0.2, 0.25) is 5.02 Å². The van der Waals surface area contributed by atoms with Crippen LogP contribution in [0.5, 0.6) is 0 Å². The molecule has 7 nitrogen and oxygen atoms in total. The molecule has 1 aliphatic heterocycles. The number of hydrogen-bond donors (Lipinski definition) is 0. The molecule has 1 amide bonds. The average Bonchev–Trinajstić information content (AvgIpc) is 3.24. The molecule has 8 heteroatoms. The van der Waals surface area contributed by atoms with Gasteiger partial charge < -0.3 is 9.42 Å². The molecule has 134 valence electrons. The predicted octanol–water partition coefficient (Wildman–Crippen LogP) is 2.59. The maximum absolute atomic E-state index is 12.5. The highest BCUT2D eigenvalue weighted by atomic mass is 35.5. The first-order valence-corrected chi connectivity index (χ1v) is 8.75. The Morgan fingerprint density at radius 3 is 2.92 bits per heavy atom. The number of halogens is 1. The predicted molar refractivity (Wildman–Crippen MR) is 93.4 cm³/mol. The van der Waals surface area contributed by atoms with Gasteiger partial charge in [0.2, 0.25) is 5.89 Å². The van der Waals surface area contributed by atoms with Gasteiger partial charge in [-0.25, -0.2) is 4.98 Å². The van der Waals surface area contributed by atoms with Crippen molar-refractivity contribution in [3.05, 3.63) is 40.8 Å². The van der Waals surface area contributed by atoms with Crippen molar-refractivity contribution in [1.29, 1.82) is 0 Å². The summed E-state index contributed by atoms with van der Waals surface area (Å²) in [6.45, 7) is 6.01. The number of hydrogen-bond acceptors (Lipinski definition) is 6. The first-order valence-electron chi connectivity index (χ1n) is 8.37. The standard InChI is InChI=1S/C17H22ClN5O2/c1-11(2)16-20-15(21-25-16)10-22(3)13-6-7-23(9-13)17(24)14-5-4-12(18)8-19-14/h4-5,8,11,13H,6-7,9-10H2,1-3H3. The van der Waals surface area contributed by atoms with Crippen LogP contribution in [0.4, 0.5) is 0 Å². The molecule has 0 saturated carbocycles. The Hall–Kier alpha value is -1.99. The minimum atomic E-state index is -0.0609. The molecule has 25 heavy (non-hydrogen) atoms. The summed E-state index contributed by atoms with van der Waals surface area (Å²) in [6.07, 6.45) is 2.40. The van der Waals surface area contributed by atoms with E-state index in [9.17, 15) is 4.79 Å². The molecule has 0 bridgehead atoms. The smallest absolute Gasteiger partial charge is 0.272 e. The summed E-state index contributed by atoms with van der Waals surface area (Å²) in [5.41, 5.74) is 0.424. The average molecular weight is 364 g/mol. The largest absolute Gasteiger partial charge is 0.339 e. The molecule has 1 fully saturated rings. The van der Waals surface area contributed by atoms with E-state index in [4.69, 9.17) is 16.1 Å². The van der Waals surface area contributed by atoms with E-state index in [0.29, 0.717) is 42.1 Å². The Labute approximate surface area is 152 Å². The number of likely N-dealkylation sites (N-methyl/N-ethyl adjacent to an activating group) is 1. The van der Waals surface area contributed by atoms with Gasteiger partial charge in [0.1, 0.15) is 5.69 Å². The second kappa shape index (κ2) is 7.49. The Bertz CT molecular complexity index is 731. The van der Waals surface area contributed by atoms with Crippen LogP contribution in [0.25, 0.3) is 0 Å². The van der Waals surface area contributed by atoms with E-state index in [0.717, 1.165) is 6.42 Å². The van der Waals surface area contributed by atoms with Gasteiger partial charge in [0, 0.05) is 31.2 Å². The fourth-order valence-electron chi connectivity index (χ4n) is 2.87. The van der Waals surface area contributed by atoms with Crippen molar-refractivity contribution in [2.24, 2.45) is 0 Å². The van der Waals surface area contributed by atoms with E-state index in [1.54, 1.807) is 12.1 Å². The normalized spacial score (nSPS) is 17.7. The third-order valence-corrected chi connectivity index (χ3v) is 4.61. The van der Waals surface area contributed by atoms with Gasteiger partial charge in [-0.2, -0.15) is 4.98 Å². The monoisotopic (exact) mass is 363 g/mol. The zero-order chi connectivity index (χ0) is 18.0. The lowest BCUT2D eigenvalue weighted by atomic mass is 10.2. The molecule has 3 heterocycles. The SMILES string of the molecule is CC(C)c1nc(CN(C)C2CCN(C(=O)c3ccc(Cl)cn3)C2)no1. The van der Waals surface area contributed by atoms with Crippen molar-refractivity contribution in [3.8, 4) is 0 Å². The highest BCUT2D eigenvalue weighted by Crippen LogP contribution is 2.19.